The van der Waals surface area contributed by atoms with Crippen molar-refractivity contribution in [2.45, 2.75) is 0 Å². The lowest BCUT2D eigenvalue weighted by Gasteiger charge is -2.14. The molecule has 254 valence electrons. The molecule has 13 rings (SSSR count). The van der Waals surface area contributed by atoms with E-state index >= 15 is 0 Å². The number of benzene rings is 9. The van der Waals surface area contributed by atoms with Gasteiger partial charge in [0.05, 0.1) is 16.7 Å². The molecule has 0 spiro atoms. The molecule has 9 aromatic carbocycles. The van der Waals surface area contributed by atoms with Gasteiger partial charge in [0.1, 0.15) is 11.1 Å². The molecule has 0 aliphatic carbocycles. The van der Waals surface area contributed by atoms with E-state index < -0.39 is 0 Å². The van der Waals surface area contributed by atoms with Crippen molar-refractivity contribution in [3.63, 3.8) is 0 Å². The molecule has 0 amide bonds. The molecule has 0 N–H and O–H groups in total. The first kappa shape index (κ1) is 29.4. The number of rotatable bonds is 2. The van der Waals surface area contributed by atoms with Crippen molar-refractivity contribution in [2.24, 2.45) is 0 Å². The van der Waals surface area contributed by atoms with Crippen molar-refractivity contribution in [2.75, 3.05) is 0 Å². The van der Waals surface area contributed by atoms with Gasteiger partial charge in [-0.3, -0.25) is 4.57 Å². The number of fused-ring (bicyclic) bond motifs is 19. The number of furan rings is 1. The van der Waals surface area contributed by atoms with Crippen LogP contribution in [0.2, 0.25) is 0 Å². The Morgan fingerprint density at radius 3 is 1.84 bits per heavy atom. The van der Waals surface area contributed by atoms with E-state index in [4.69, 9.17) is 14.4 Å². The molecule has 0 unspecified atom stereocenters. The normalized spacial score (nSPS) is 12.4. The quantitative estimate of drug-likeness (QED) is 0.167. The van der Waals surface area contributed by atoms with E-state index in [0.717, 1.165) is 65.9 Å². The number of hydrogen-bond donors (Lipinski definition) is 0. The summed E-state index contributed by atoms with van der Waals surface area (Å²) in [5.41, 5.74) is 6.56. The van der Waals surface area contributed by atoms with Gasteiger partial charge < -0.3 is 4.42 Å². The Balaban J connectivity index is 1.25. The van der Waals surface area contributed by atoms with Gasteiger partial charge in [-0.1, -0.05) is 127 Å². The first-order valence-corrected chi connectivity index (χ1v) is 19.4. The van der Waals surface area contributed by atoms with E-state index in [1.54, 1.807) is 0 Å². The second kappa shape index (κ2) is 10.8. The summed E-state index contributed by atoms with van der Waals surface area (Å²) in [4.78, 5) is 10.9. The number of thiophene rings is 1. The summed E-state index contributed by atoms with van der Waals surface area (Å²) in [6.45, 7) is 0. The molecule has 0 saturated carbocycles. The van der Waals surface area contributed by atoms with Crippen LogP contribution in [0, 0.1) is 0 Å². The van der Waals surface area contributed by atoms with Crippen LogP contribution in [0.1, 0.15) is 0 Å². The molecule has 0 atom stereocenters. The Morgan fingerprint density at radius 2 is 1.04 bits per heavy atom. The summed E-state index contributed by atoms with van der Waals surface area (Å²) in [7, 11) is 0. The standard InChI is InChI=1S/C50H27N3OS/c1-3-16-32-29(13-1)30-14-2-4-17-33(30)44-43(32)45-35-19-6-10-22-39(35)53(48(45)49-46(44)36-20-7-11-23-40(36)54-49)50-51-38-21-9-5-18-34(38)47(52-50)28-25-26-42-37(27-28)31-15-8-12-24-41(31)55-42/h1-27H. The molecule has 0 radical (unpaired) electrons. The van der Waals surface area contributed by atoms with Crippen molar-refractivity contribution in [1.29, 1.82) is 0 Å². The molecule has 4 heterocycles. The van der Waals surface area contributed by atoms with E-state index in [-0.39, 0.29) is 0 Å². The minimum Gasteiger partial charge on any atom is -0.454 e. The topological polar surface area (TPSA) is 43.9 Å². The monoisotopic (exact) mass is 717 g/mol. The molecule has 55 heavy (non-hydrogen) atoms. The average Bonchev–Trinajstić information content (AvgIpc) is 3.93. The zero-order chi connectivity index (χ0) is 35.8. The molecule has 0 saturated heterocycles. The summed E-state index contributed by atoms with van der Waals surface area (Å²) in [6.07, 6.45) is 0. The second-order valence-corrected chi connectivity index (χ2v) is 15.5. The van der Waals surface area contributed by atoms with Gasteiger partial charge in [0, 0.05) is 63.4 Å². The summed E-state index contributed by atoms with van der Waals surface area (Å²) >= 11 is 1.83. The lowest BCUT2D eigenvalue weighted by molar-refractivity contribution is 0.671. The van der Waals surface area contributed by atoms with Crippen LogP contribution in [-0.4, -0.2) is 14.5 Å². The fraction of sp³-hybridized carbons (Fsp3) is 0. The molecule has 4 nitrogen and oxygen atoms in total. The maximum atomic E-state index is 7.03. The van der Waals surface area contributed by atoms with Gasteiger partial charge in [0.2, 0.25) is 5.95 Å². The Labute approximate surface area is 317 Å². The minimum atomic E-state index is 0.612. The highest BCUT2D eigenvalue weighted by Gasteiger charge is 2.27. The molecule has 13 aromatic rings. The first-order chi connectivity index (χ1) is 27.3. The summed E-state index contributed by atoms with van der Waals surface area (Å²) in [5, 5.41) is 15.3. The highest BCUT2D eigenvalue weighted by atomic mass is 32.1. The van der Waals surface area contributed by atoms with Crippen LogP contribution < -0.4 is 0 Å². The molecule has 0 bridgehead atoms. The number of hydrogen-bond acceptors (Lipinski definition) is 4. The maximum absolute atomic E-state index is 7.03. The Hall–Kier alpha value is -7.08. The number of aromatic nitrogens is 3. The SMILES string of the molecule is c1ccc2c(-c3ccc4sc5ccccc5c4c3)nc(-n3c4ccccc4c4c5c6ccccc6c6ccccc6c5c5c6ccccc6oc5c43)nc2c1. The minimum absolute atomic E-state index is 0.612. The van der Waals surface area contributed by atoms with Crippen molar-refractivity contribution in [3.05, 3.63) is 164 Å². The predicted octanol–water partition coefficient (Wildman–Crippen LogP) is 14.1. The van der Waals surface area contributed by atoms with E-state index in [1.807, 2.05) is 11.3 Å². The third kappa shape index (κ3) is 3.89. The molecular weight excluding hydrogens is 691 g/mol. The maximum Gasteiger partial charge on any atom is 0.235 e. The Morgan fingerprint density at radius 1 is 0.436 bits per heavy atom. The zero-order valence-electron chi connectivity index (χ0n) is 29.2. The van der Waals surface area contributed by atoms with Crippen LogP contribution in [0.3, 0.4) is 0 Å². The lowest BCUT2D eigenvalue weighted by atomic mass is 9.89. The van der Waals surface area contributed by atoms with Crippen molar-refractivity contribution >= 4 is 118 Å². The molecule has 0 aliphatic heterocycles. The molecule has 5 heteroatoms. The molecule has 0 aliphatic rings. The number of para-hydroxylation sites is 3. The first-order valence-electron chi connectivity index (χ1n) is 18.6. The average molecular weight is 718 g/mol. The summed E-state index contributed by atoms with van der Waals surface area (Å²) in [6, 6.07) is 58.6. The summed E-state index contributed by atoms with van der Waals surface area (Å²) < 4.78 is 11.8. The van der Waals surface area contributed by atoms with Crippen LogP contribution in [0.15, 0.2) is 168 Å². The van der Waals surface area contributed by atoms with E-state index in [9.17, 15) is 0 Å². The predicted molar refractivity (Wildman–Crippen MR) is 232 cm³/mol. The molecular formula is C50H27N3OS. The molecule has 4 aromatic heterocycles. The van der Waals surface area contributed by atoms with Crippen LogP contribution in [0.5, 0.6) is 0 Å². The molecule has 0 fully saturated rings. The third-order valence-electron chi connectivity index (χ3n) is 11.6. The van der Waals surface area contributed by atoms with Gasteiger partial charge >= 0.3 is 0 Å². The van der Waals surface area contributed by atoms with Gasteiger partial charge in [0.25, 0.3) is 0 Å². The highest BCUT2D eigenvalue weighted by Crippen LogP contribution is 2.50. The second-order valence-electron chi connectivity index (χ2n) is 14.4. The van der Waals surface area contributed by atoms with Crippen molar-refractivity contribution in [1.82, 2.24) is 14.5 Å². The largest absolute Gasteiger partial charge is 0.454 e. The van der Waals surface area contributed by atoms with Gasteiger partial charge in [-0.15, -0.1) is 11.3 Å². The highest BCUT2D eigenvalue weighted by molar-refractivity contribution is 7.25. The Kier molecular flexibility index (Phi) is 5.74. The van der Waals surface area contributed by atoms with Crippen LogP contribution in [0.4, 0.5) is 0 Å². The van der Waals surface area contributed by atoms with Crippen LogP contribution in [-0.2, 0) is 0 Å². The summed E-state index contributed by atoms with van der Waals surface area (Å²) in [5.74, 6) is 0.612. The lowest BCUT2D eigenvalue weighted by Crippen LogP contribution is -2.03. The van der Waals surface area contributed by atoms with Gasteiger partial charge in [-0.05, 0) is 57.9 Å². The van der Waals surface area contributed by atoms with Crippen molar-refractivity contribution < 1.29 is 4.42 Å². The smallest absolute Gasteiger partial charge is 0.235 e. The fourth-order valence-corrected chi connectivity index (χ4v) is 10.4. The van der Waals surface area contributed by atoms with Crippen LogP contribution in [0.25, 0.3) is 124 Å². The Bertz CT molecular complexity index is 3790. The van der Waals surface area contributed by atoms with E-state index in [2.05, 4.69) is 168 Å². The van der Waals surface area contributed by atoms with Crippen molar-refractivity contribution in [3.8, 4) is 17.2 Å². The van der Waals surface area contributed by atoms with Gasteiger partial charge in [-0.2, -0.15) is 0 Å². The van der Waals surface area contributed by atoms with E-state index in [1.165, 1.54) is 52.5 Å². The number of nitrogens with zero attached hydrogens (tertiary/aromatic N) is 3. The zero-order valence-corrected chi connectivity index (χ0v) is 30.1. The van der Waals surface area contributed by atoms with Gasteiger partial charge in [-0.25, -0.2) is 9.97 Å². The van der Waals surface area contributed by atoms with E-state index in [0.29, 0.717) is 5.95 Å². The fourth-order valence-electron chi connectivity index (χ4n) is 9.29. The third-order valence-corrected chi connectivity index (χ3v) is 12.7. The van der Waals surface area contributed by atoms with Gasteiger partial charge in [0.15, 0.2) is 5.58 Å². The van der Waals surface area contributed by atoms with Crippen LogP contribution >= 0.6 is 11.3 Å².